The zero-order valence-electron chi connectivity index (χ0n) is 16.3. The number of likely N-dealkylation sites (tertiary alicyclic amines) is 1. The van der Waals surface area contributed by atoms with Gasteiger partial charge in [-0.05, 0) is 55.9 Å². The first-order valence-electron chi connectivity index (χ1n) is 9.67. The summed E-state index contributed by atoms with van der Waals surface area (Å²) in [4.78, 5) is 18.1. The second kappa shape index (κ2) is 11.4. The molecule has 1 aliphatic rings. The van der Waals surface area contributed by atoms with E-state index in [0.29, 0.717) is 24.7 Å². The first-order valence-corrected chi connectivity index (χ1v) is 9.67. The summed E-state index contributed by atoms with van der Waals surface area (Å²) in [5.74, 6) is 1.95. The van der Waals surface area contributed by atoms with Crippen LogP contribution in [0.2, 0.25) is 0 Å². The van der Waals surface area contributed by atoms with Crippen LogP contribution < -0.4 is 15.4 Å². The quantitative estimate of drug-likeness (QED) is 0.414. The van der Waals surface area contributed by atoms with Crippen molar-refractivity contribution in [1.82, 2.24) is 15.5 Å². The van der Waals surface area contributed by atoms with Gasteiger partial charge in [-0.3, -0.25) is 9.79 Å². The average Bonchev–Trinajstić information content (AvgIpc) is 2.69. The van der Waals surface area contributed by atoms with E-state index in [0.717, 1.165) is 51.3 Å². The monoisotopic (exact) mass is 378 g/mol. The van der Waals surface area contributed by atoms with Crippen LogP contribution in [0.5, 0.6) is 5.75 Å². The molecule has 1 fully saturated rings. The highest BCUT2D eigenvalue weighted by Crippen LogP contribution is 2.20. The van der Waals surface area contributed by atoms with Gasteiger partial charge in [-0.25, -0.2) is 4.39 Å². The zero-order valence-corrected chi connectivity index (χ0v) is 16.3. The Morgan fingerprint density at radius 2 is 1.96 bits per heavy atom. The van der Waals surface area contributed by atoms with Crippen molar-refractivity contribution in [3.63, 3.8) is 0 Å². The molecule has 7 heteroatoms. The summed E-state index contributed by atoms with van der Waals surface area (Å²) in [7, 11) is 3.49. The summed E-state index contributed by atoms with van der Waals surface area (Å²) in [5.41, 5.74) is 0. The minimum atomic E-state index is -0.254. The highest BCUT2D eigenvalue weighted by atomic mass is 19.1. The molecule has 2 N–H and O–H groups in total. The number of halogens is 1. The zero-order chi connectivity index (χ0) is 19.5. The maximum Gasteiger partial charge on any atom is 0.220 e. The molecule has 0 unspecified atom stereocenters. The molecule has 0 bridgehead atoms. The molecule has 1 heterocycles. The molecule has 27 heavy (non-hydrogen) atoms. The van der Waals surface area contributed by atoms with Gasteiger partial charge < -0.3 is 20.3 Å². The Bertz CT molecular complexity index is 599. The summed E-state index contributed by atoms with van der Waals surface area (Å²) < 4.78 is 18.4. The number of guanidine groups is 1. The van der Waals surface area contributed by atoms with Crippen LogP contribution in [0.15, 0.2) is 29.3 Å². The topological polar surface area (TPSA) is 66.0 Å². The standard InChI is InChI=1S/C20H31FN4O2/c1-22-19(26)15-16-9-12-25(13-10-16)20(23-2)24-11-3-4-14-27-18-7-5-17(21)6-8-18/h5-8,16H,3-4,9-15H2,1-2H3,(H,22,26)(H,23,24). The van der Waals surface area contributed by atoms with E-state index >= 15 is 0 Å². The number of rotatable bonds is 8. The highest BCUT2D eigenvalue weighted by Gasteiger charge is 2.22. The average molecular weight is 378 g/mol. The number of ether oxygens (including phenoxy) is 1. The Balaban J connectivity index is 1.59. The Labute approximate surface area is 161 Å². The number of amides is 1. The summed E-state index contributed by atoms with van der Waals surface area (Å²) in [6.07, 6.45) is 4.52. The summed E-state index contributed by atoms with van der Waals surface area (Å²) in [6.45, 7) is 3.29. The van der Waals surface area contributed by atoms with Crippen molar-refractivity contribution in [2.45, 2.75) is 32.1 Å². The number of nitrogens with zero attached hydrogens (tertiary/aromatic N) is 2. The smallest absolute Gasteiger partial charge is 0.220 e. The van der Waals surface area contributed by atoms with Crippen LogP contribution >= 0.6 is 0 Å². The van der Waals surface area contributed by atoms with Crippen LogP contribution in [0.4, 0.5) is 4.39 Å². The largest absolute Gasteiger partial charge is 0.494 e. The lowest BCUT2D eigenvalue weighted by molar-refractivity contribution is -0.121. The third-order valence-electron chi connectivity index (χ3n) is 4.82. The lowest BCUT2D eigenvalue weighted by Crippen LogP contribution is -2.46. The molecule has 1 aromatic carbocycles. The van der Waals surface area contributed by atoms with Crippen LogP contribution in [-0.4, -0.2) is 57.1 Å². The first-order chi connectivity index (χ1) is 13.1. The van der Waals surface area contributed by atoms with E-state index in [2.05, 4.69) is 20.5 Å². The predicted octanol–water partition coefficient (Wildman–Crippen LogP) is 2.41. The fourth-order valence-corrected chi connectivity index (χ4v) is 3.19. The Kier molecular flexibility index (Phi) is 8.87. The van der Waals surface area contributed by atoms with Crippen molar-refractivity contribution < 1.29 is 13.9 Å². The van der Waals surface area contributed by atoms with E-state index in [1.54, 1.807) is 26.2 Å². The molecule has 1 aromatic rings. The maximum absolute atomic E-state index is 12.8. The molecule has 1 saturated heterocycles. The van der Waals surface area contributed by atoms with Gasteiger partial charge in [-0.1, -0.05) is 0 Å². The number of hydrogen-bond acceptors (Lipinski definition) is 3. The Morgan fingerprint density at radius 1 is 1.26 bits per heavy atom. The molecule has 6 nitrogen and oxygen atoms in total. The van der Waals surface area contributed by atoms with Crippen LogP contribution in [-0.2, 0) is 4.79 Å². The van der Waals surface area contributed by atoms with E-state index in [1.165, 1.54) is 12.1 Å². The number of nitrogens with one attached hydrogen (secondary N) is 2. The molecule has 0 saturated carbocycles. The van der Waals surface area contributed by atoms with Gasteiger partial charge in [0.2, 0.25) is 5.91 Å². The normalized spacial score (nSPS) is 15.5. The third-order valence-corrected chi connectivity index (χ3v) is 4.82. The van der Waals surface area contributed by atoms with Crippen molar-refractivity contribution >= 4 is 11.9 Å². The van der Waals surface area contributed by atoms with Gasteiger partial charge in [0, 0.05) is 40.2 Å². The van der Waals surface area contributed by atoms with Gasteiger partial charge in [0.05, 0.1) is 6.61 Å². The number of carbonyl (C=O) groups is 1. The molecular weight excluding hydrogens is 347 g/mol. The van der Waals surface area contributed by atoms with Gasteiger partial charge in [0.1, 0.15) is 11.6 Å². The molecule has 1 aliphatic heterocycles. The summed E-state index contributed by atoms with van der Waals surface area (Å²) in [6, 6.07) is 6.09. The summed E-state index contributed by atoms with van der Waals surface area (Å²) >= 11 is 0. The van der Waals surface area contributed by atoms with Gasteiger partial charge in [0.25, 0.3) is 0 Å². The van der Waals surface area contributed by atoms with Gasteiger partial charge >= 0.3 is 0 Å². The second-order valence-corrected chi connectivity index (χ2v) is 6.79. The van der Waals surface area contributed by atoms with Crippen molar-refractivity contribution in [3.05, 3.63) is 30.1 Å². The molecular formula is C20H31FN4O2. The number of benzene rings is 1. The number of hydrogen-bond donors (Lipinski definition) is 2. The predicted molar refractivity (Wildman–Crippen MR) is 105 cm³/mol. The highest BCUT2D eigenvalue weighted by molar-refractivity contribution is 5.80. The van der Waals surface area contributed by atoms with Crippen molar-refractivity contribution in [2.24, 2.45) is 10.9 Å². The SMILES string of the molecule is CN=C(NCCCCOc1ccc(F)cc1)N1CCC(CC(=O)NC)CC1. The van der Waals surface area contributed by atoms with E-state index < -0.39 is 0 Å². The molecule has 1 amide bonds. The minimum Gasteiger partial charge on any atom is -0.494 e. The number of aliphatic imine (C=N–C) groups is 1. The van der Waals surface area contributed by atoms with E-state index in [9.17, 15) is 9.18 Å². The van der Waals surface area contributed by atoms with Crippen LogP contribution in [0.25, 0.3) is 0 Å². The first kappa shape index (κ1) is 21.0. The number of piperidine rings is 1. The number of carbonyl (C=O) groups excluding carboxylic acids is 1. The fourth-order valence-electron chi connectivity index (χ4n) is 3.19. The minimum absolute atomic E-state index is 0.124. The molecule has 150 valence electrons. The molecule has 0 aliphatic carbocycles. The fraction of sp³-hybridized carbons (Fsp3) is 0.600. The van der Waals surface area contributed by atoms with Crippen molar-refractivity contribution in [3.8, 4) is 5.75 Å². The van der Waals surface area contributed by atoms with Crippen LogP contribution in [0, 0.1) is 11.7 Å². The van der Waals surface area contributed by atoms with Crippen LogP contribution in [0.3, 0.4) is 0 Å². The summed E-state index contributed by atoms with van der Waals surface area (Å²) in [5, 5.41) is 6.10. The Morgan fingerprint density at radius 3 is 2.59 bits per heavy atom. The van der Waals surface area contributed by atoms with Crippen LogP contribution in [0.1, 0.15) is 32.1 Å². The van der Waals surface area contributed by atoms with Gasteiger partial charge in [0.15, 0.2) is 5.96 Å². The lowest BCUT2D eigenvalue weighted by Gasteiger charge is -2.34. The van der Waals surface area contributed by atoms with Crippen molar-refractivity contribution in [1.29, 1.82) is 0 Å². The van der Waals surface area contributed by atoms with Gasteiger partial charge in [-0.2, -0.15) is 0 Å². The molecule has 2 rings (SSSR count). The maximum atomic E-state index is 12.8. The number of unbranched alkanes of at least 4 members (excludes halogenated alkanes) is 1. The molecule has 0 aromatic heterocycles. The van der Waals surface area contributed by atoms with Gasteiger partial charge in [-0.15, -0.1) is 0 Å². The lowest BCUT2D eigenvalue weighted by atomic mass is 9.93. The van der Waals surface area contributed by atoms with E-state index in [-0.39, 0.29) is 11.7 Å². The third kappa shape index (κ3) is 7.45. The molecule has 0 radical (unpaired) electrons. The van der Waals surface area contributed by atoms with E-state index in [1.807, 2.05) is 0 Å². The Hall–Kier alpha value is -2.31. The molecule has 0 atom stereocenters. The second-order valence-electron chi connectivity index (χ2n) is 6.79. The van der Waals surface area contributed by atoms with E-state index in [4.69, 9.17) is 4.74 Å². The van der Waals surface area contributed by atoms with Crippen molar-refractivity contribution in [2.75, 3.05) is 40.3 Å². The molecule has 0 spiro atoms.